The van der Waals surface area contributed by atoms with E-state index in [1.54, 1.807) is 13.8 Å². The van der Waals surface area contributed by atoms with E-state index in [-0.39, 0.29) is 76.8 Å². The van der Waals surface area contributed by atoms with Crippen molar-refractivity contribution in [3.8, 4) is 0 Å². The van der Waals surface area contributed by atoms with Gasteiger partial charge in [-0.05, 0) is 13.8 Å². The average molecular weight is 401 g/mol. The maximum atomic E-state index is 8.06. The second-order valence-corrected chi connectivity index (χ2v) is 1.09. The third-order valence-electron chi connectivity index (χ3n) is 0. The molecule has 0 atom stereocenters. The largest absolute Gasteiger partial charge is 0.394 e. The van der Waals surface area contributed by atoms with Gasteiger partial charge in [0, 0.05) is 27.2 Å². The Balaban J connectivity index is -0.00000000450. The first-order valence-corrected chi connectivity index (χ1v) is 1.41. The van der Waals surface area contributed by atoms with E-state index in [1.807, 2.05) is 0 Å². The van der Waals surface area contributed by atoms with Crippen LogP contribution >= 0.6 is 49.6 Å². The molecule has 0 rings (SSSR count). The molecule has 0 fully saturated rings. The van der Waals surface area contributed by atoms with Crippen molar-refractivity contribution in [3.05, 3.63) is 0 Å². The fraction of sp³-hybridized carbons (Fsp3) is 1.00. The summed E-state index contributed by atoms with van der Waals surface area (Å²) in [6, 6.07) is 0. The standard InChI is InChI=1S/C3H8O.4ClH.Pt/c1-3(2)4;;;;;/h3-4H,1-2H3;4*1H;. The van der Waals surface area contributed by atoms with Crippen LogP contribution in [0, 0.1) is 0 Å². The number of hydrogen-bond acceptors (Lipinski definition) is 1. The van der Waals surface area contributed by atoms with Crippen molar-refractivity contribution < 1.29 is 26.2 Å². The molecule has 6 heteroatoms. The summed E-state index contributed by atoms with van der Waals surface area (Å²) in [6.07, 6.45) is -0.167. The summed E-state index contributed by atoms with van der Waals surface area (Å²) < 4.78 is 0. The van der Waals surface area contributed by atoms with Crippen LogP contribution in [0.4, 0.5) is 0 Å². The van der Waals surface area contributed by atoms with Crippen molar-refractivity contribution in [1.82, 2.24) is 0 Å². The molecule has 0 bridgehead atoms. The van der Waals surface area contributed by atoms with Crippen molar-refractivity contribution in [2.24, 2.45) is 0 Å². The molecule has 0 aromatic rings. The number of rotatable bonds is 0. The predicted octanol–water partition coefficient (Wildman–Crippen LogP) is 2.07. The number of aliphatic hydroxyl groups excluding tert-OH is 1. The molecule has 0 aromatic heterocycles. The Hall–Kier alpha value is 1.81. The number of hydrogen-bond donors (Lipinski definition) is 1. The minimum absolute atomic E-state index is 0. The van der Waals surface area contributed by atoms with Gasteiger partial charge in [-0.3, -0.25) is 0 Å². The van der Waals surface area contributed by atoms with Crippen LogP contribution in [0.25, 0.3) is 0 Å². The van der Waals surface area contributed by atoms with E-state index in [4.69, 9.17) is 5.11 Å². The molecule has 0 saturated heterocycles. The zero-order valence-corrected chi connectivity index (χ0v) is 10.5. The van der Waals surface area contributed by atoms with E-state index in [2.05, 4.69) is 0 Å². The van der Waals surface area contributed by atoms with Crippen LogP contribution in [0.2, 0.25) is 0 Å². The Labute approximate surface area is 95.3 Å². The molecule has 0 aliphatic carbocycles. The molecule has 0 aromatic carbocycles. The molecule has 68 valence electrons. The second-order valence-electron chi connectivity index (χ2n) is 1.09. The van der Waals surface area contributed by atoms with Crippen LogP contribution in [0.5, 0.6) is 0 Å². The van der Waals surface area contributed by atoms with Gasteiger partial charge in [0.1, 0.15) is 0 Å². The Morgan fingerprint density at radius 1 is 0.889 bits per heavy atom. The van der Waals surface area contributed by atoms with Crippen molar-refractivity contribution in [3.63, 3.8) is 0 Å². The average Bonchev–Trinajstić information content (AvgIpc) is 0.811. The number of halogens is 4. The van der Waals surface area contributed by atoms with Crippen molar-refractivity contribution >= 4 is 49.6 Å². The molecule has 0 amide bonds. The molecule has 0 aliphatic rings. The van der Waals surface area contributed by atoms with Gasteiger partial charge < -0.3 is 5.11 Å². The van der Waals surface area contributed by atoms with Crippen LogP contribution in [0.3, 0.4) is 0 Å². The summed E-state index contributed by atoms with van der Waals surface area (Å²) in [6.45, 7) is 3.44. The first-order chi connectivity index (χ1) is 1.73. The normalized spacial score (nSPS) is 4.00. The van der Waals surface area contributed by atoms with E-state index in [9.17, 15) is 0 Å². The molecular weight excluding hydrogens is 389 g/mol. The Morgan fingerprint density at radius 2 is 0.889 bits per heavy atom. The van der Waals surface area contributed by atoms with Gasteiger partial charge in [0.15, 0.2) is 0 Å². The zero-order valence-electron chi connectivity index (χ0n) is 4.97. The van der Waals surface area contributed by atoms with Crippen molar-refractivity contribution in [2.45, 2.75) is 20.0 Å². The molecular formula is C3H12Cl4OPt. The van der Waals surface area contributed by atoms with Gasteiger partial charge in [-0.15, -0.1) is 49.6 Å². The van der Waals surface area contributed by atoms with E-state index < -0.39 is 0 Å². The molecule has 0 heterocycles. The minimum Gasteiger partial charge on any atom is -0.394 e. The van der Waals surface area contributed by atoms with E-state index in [0.717, 1.165) is 0 Å². The summed E-state index contributed by atoms with van der Waals surface area (Å²) in [7, 11) is 0. The quantitative estimate of drug-likeness (QED) is 0.660. The fourth-order valence-electron chi connectivity index (χ4n) is 0. The Bertz CT molecular complexity index is 20.5. The van der Waals surface area contributed by atoms with Gasteiger partial charge in [-0.25, -0.2) is 0 Å². The predicted molar refractivity (Wildman–Crippen MR) is 46.3 cm³/mol. The van der Waals surface area contributed by atoms with E-state index in [1.165, 1.54) is 0 Å². The molecule has 0 radical (unpaired) electrons. The van der Waals surface area contributed by atoms with E-state index >= 15 is 0 Å². The smallest absolute Gasteiger partial charge is 0.0483 e. The van der Waals surface area contributed by atoms with Gasteiger partial charge in [0.05, 0.1) is 0 Å². The summed E-state index contributed by atoms with van der Waals surface area (Å²) in [4.78, 5) is 0. The summed E-state index contributed by atoms with van der Waals surface area (Å²) in [5.41, 5.74) is 0. The molecule has 0 saturated carbocycles. The third-order valence-corrected chi connectivity index (χ3v) is 0. The van der Waals surface area contributed by atoms with Gasteiger partial charge in [-0.2, -0.15) is 0 Å². The zero-order chi connectivity index (χ0) is 3.58. The molecule has 0 spiro atoms. The van der Waals surface area contributed by atoms with Crippen LogP contribution in [0.1, 0.15) is 13.8 Å². The topological polar surface area (TPSA) is 20.2 Å². The first-order valence-electron chi connectivity index (χ1n) is 1.41. The molecule has 9 heavy (non-hydrogen) atoms. The maximum absolute atomic E-state index is 8.06. The number of aliphatic hydroxyl groups is 1. The van der Waals surface area contributed by atoms with E-state index in [0.29, 0.717) is 0 Å². The summed E-state index contributed by atoms with van der Waals surface area (Å²) >= 11 is 0. The first kappa shape index (κ1) is 45.0. The van der Waals surface area contributed by atoms with Crippen molar-refractivity contribution in [1.29, 1.82) is 0 Å². The Morgan fingerprint density at radius 3 is 0.889 bits per heavy atom. The summed E-state index contributed by atoms with van der Waals surface area (Å²) in [5, 5.41) is 8.06. The molecule has 1 nitrogen and oxygen atoms in total. The van der Waals surface area contributed by atoms with Crippen LogP contribution < -0.4 is 0 Å². The van der Waals surface area contributed by atoms with Gasteiger partial charge >= 0.3 is 0 Å². The van der Waals surface area contributed by atoms with Crippen molar-refractivity contribution in [2.75, 3.05) is 0 Å². The minimum atomic E-state index is -0.167. The van der Waals surface area contributed by atoms with Gasteiger partial charge in [0.25, 0.3) is 0 Å². The second kappa shape index (κ2) is 32.9. The van der Waals surface area contributed by atoms with Crippen LogP contribution in [-0.4, -0.2) is 11.2 Å². The van der Waals surface area contributed by atoms with Crippen LogP contribution in [0.15, 0.2) is 0 Å². The van der Waals surface area contributed by atoms with Gasteiger partial charge in [0.2, 0.25) is 0 Å². The monoisotopic (exact) mass is 399 g/mol. The maximum Gasteiger partial charge on any atom is 0.0483 e. The Kier molecular flexibility index (Phi) is 164. The molecule has 0 aliphatic heterocycles. The molecule has 0 unspecified atom stereocenters. The molecule has 1 N–H and O–H groups in total. The summed E-state index contributed by atoms with van der Waals surface area (Å²) in [5.74, 6) is 0. The fourth-order valence-corrected chi connectivity index (χ4v) is 0. The van der Waals surface area contributed by atoms with Gasteiger partial charge in [-0.1, -0.05) is 0 Å². The third kappa shape index (κ3) is 183. The SMILES string of the molecule is CC(C)O.Cl.Cl.Cl.Cl.[Pt]. The van der Waals surface area contributed by atoms with Crippen LogP contribution in [-0.2, 0) is 21.1 Å².